The quantitative estimate of drug-likeness (QED) is 0.842. The number of hydrogen-bond acceptors (Lipinski definition) is 4. The second kappa shape index (κ2) is 5.45. The maximum absolute atomic E-state index is 11.9. The van der Waals surface area contributed by atoms with Crippen molar-refractivity contribution in [3.8, 4) is 11.5 Å². The summed E-state index contributed by atoms with van der Waals surface area (Å²) < 4.78 is 5.32. The summed E-state index contributed by atoms with van der Waals surface area (Å²) >= 11 is 0. The van der Waals surface area contributed by atoms with Crippen molar-refractivity contribution in [2.45, 2.75) is 25.2 Å². The summed E-state index contributed by atoms with van der Waals surface area (Å²) in [5, 5.41) is 4.06. The van der Waals surface area contributed by atoms with E-state index in [2.05, 4.69) is 10.1 Å². The first-order chi connectivity index (χ1) is 9.74. The average Bonchev–Trinajstić information content (AvgIpc) is 2.90. The lowest BCUT2D eigenvalue weighted by atomic mass is 10.00. The zero-order chi connectivity index (χ0) is 13.9. The summed E-state index contributed by atoms with van der Waals surface area (Å²) in [6.07, 6.45) is 2.36. The smallest absolute Gasteiger partial charge is 0.257 e. The van der Waals surface area contributed by atoms with Crippen LogP contribution in [0.3, 0.4) is 0 Å². The van der Waals surface area contributed by atoms with Gasteiger partial charge in [-0.2, -0.15) is 4.98 Å². The molecule has 1 atom stereocenters. The van der Waals surface area contributed by atoms with Crippen LogP contribution in [0.25, 0.3) is 11.5 Å². The zero-order valence-corrected chi connectivity index (χ0v) is 11.5. The Morgan fingerprint density at radius 2 is 2.10 bits per heavy atom. The van der Waals surface area contributed by atoms with Crippen molar-refractivity contribution in [3.05, 3.63) is 36.2 Å². The minimum absolute atomic E-state index is 0.0636. The van der Waals surface area contributed by atoms with Gasteiger partial charge in [-0.05, 0) is 25.0 Å². The number of hydrogen-bond donors (Lipinski definition) is 0. The van der Waals surface area contributed by atoms with Crippen molar-refractivity contribution in [2.75, 3.05) is 13.6 Å². The lowest BCUT2D eigenvalue weighted by Gasteiger charge is -2.12. The zero-order valence-electron chi connectivity index (χ0n) is 11.5. The van der Waals surface area contributed by atoms with E-state index >= 15 is 0 Å². The third-order valence-corrected chi connectivity index (χ3v) is 3.72. The van der Waals surface area contributed by atoms with Crippen molar-refractivity contribution in [1.29, 1.82) is 0 Å². The number of aromatic nitrogens is 2. The second-order valence-corrected chi connectivity index (χ2v) is 5.18. The molecule has 1 amide bonds. The Kier molecular flexibility index (Phi) is 3.50. The standard InChI is InChI=1S/C15H17N3O2/c1-18-9-5-8-12(10-13(18)19)14-16-15(20-17-14)11-6-3-2-4-7-11/h2-4,6-7,12H,5,8-10H2,1H3. The van der Waals surface area contributed by atoms with E-state index in [4.69, 9.17) is 4.52 Å². The van der Waals surface area contributed by atoms with E-state index in [0.29, 0.717) is 18.1 Å². The molecule has 5 heteroatoms. The molecule has 1 fully saturated rings. The number of rotatable bonds is 2. The summed E-state index contributed by atoms with van der Waals surface area (Å²) in [7, 11) is 1.84. The largest absolute Gasteiger partial charge is 0.346 e. The van der Waals surface area contributed by atoms with Crippen LogP contribution < -0.4 is 0 Å². The third kappa shape index (κ3) is 2.57. The monoisotopic (exact) mass is 271 g/mol. The fourth-order valence-electron chi connectivity index (χ4n) is 2.49. The third-order valence-electron chi connectivity index (χ3n) is 3.72. The van der Waals surface area contributed by atoms with Crippen LogP contribution in [-0.4, -0.2) is 34.5 Å². The summed E-state index contributed by atoms with van der Waals surface area (Å²) in [4.78, 5) is 18.1. The van der Waals surface area contributed by atoms with E-state index < -0.39 is 0 Å². The molecule has 1 aliphatic rings. The summed E-state index contributed by atoms with van der Waals surface area (Å²) in [5.74, 6) is 1.38. The first-order valence-electron chi connectivity index (χ1n) is 6.87. The Balaban J connectivity index is 1.81. The van der Waals surface area contributed by atoms with Crippen LogP contribution in [0.1, 0.15) is 31.0 Å². The number of amides is 1. The van der Waals surface area contributed by atoms with Crippen LogP contribution in [0.5, 0.6) is 0 Å². The first kappa shape index (κ1) is 12.8. The number of likely N-dealkylation sites (tertiary alicyclic amines) is 1. The molecule has 0 spiro atoms. The fourth-order valence-corrected chi connectivity index (χ4v) is 2.49. The summed E-state index contributed by atoms with van der Waals surface area (Å²) in [6.45, 7) is 0.804. The second-order valence-electron chi connectivity index (χ2n) is 5.18. The van der Waals surface area contributed by atoms with Gasteiger partial charge >= 0.3 is 0 Å². The van der Waals surface area contributed by atoms with Crippen molar-refractivity contribution in [3.63, 3.8) is 0 Å². The Hall–Kier alpha value is -2.17. The van der Waals surface area contributed by atoms with Gasteiger partial charge in [-0.25, -0.2) is 0 Å². The SMILES string of the molecule is CN1CCCC(c2noc(-c3ccccc3)n2)CC1=O. The highest BCUT2D eigenvalue weighted by atomic mass is 16.5. The molecule has 20 heavy (non-hydrogen) atoms. The van der Waals surface area contributed by atoms with Crippen molar-refractivity contribution in [1.82, 2.24) is 15.0 Å². The minimum atomic E-state index is 0.0636. The molecular weight excluding hydrogens is 254 g/mol. The number of benzene rings is 1. The molecule has 2 aromatic rings. The molecule has 1 aliphatic heterocycles. The molecule has 1 saturated heterocycles. The molecule has 3 rings (SSSR count). The van der Waals surface area contributed by atoms with E-state index in [0.717, 1.165) is 24.9 Å². The van der Waals surface area contributed by atoms with Gasteiger partial charge in [0.15, 0.2) is 5.82 Å². The Labute approximate surface area is 117 Å². The van der Waals surface area contributed by atoms with Crippen molar-refractivity contribution >= 4 is 5.91 Å². The summed E-state index contributed by atoms with van der Waals surface area (Å²) in [6, 6.07) is 9.68. The topological polar surface area (TPSA) is 59.2 Å². The highest BCUT2D eigenvalue weighted by Gasteiger charge is 2.26. The molecule has 2 heterocycles. The molecule has 104 valence electrons. The van der Waals surface area contributed by atoms with Gasteiger partial charge in [-0.15, -0.1) is 0 Å². The maximum Gasteiger partial charge on any atom is 0.257 e. The number of nitrogens with zero attached hydrogens (tertiary/aromatic N) is 3. The molecule has 0 aliphatic carbocycles. The average molecular weight is 271 g/mol. The van der Waals surface area contributed by atoms with E-state index in [1.165, 1.54) is 0 Å². The predicted molar refractivity (Wildman–Crippen MR) is 74.0 cm³/mol. The van der Waals surface area contributed by atoms with E-state index in [1.807, 2.05) is 37.4 Å². The maximum atomic E-state index is 11.9. The lowest BCUT2D eigenvalue weighted by molar-refractivity contribution is -0.129. The van der Waals surface area contributed by atoms with Crippen LogP contribution in [0, 0.1) is 0 Å². The van der Waals surface area contributed by atoms with Gasteiger partial charge in [-0.1, -0.05) is 23.4 Å². The highest BCUT2D eigenvalue weighted by Crippen LogP contribution is 2.28. The van der Waals surface area contributed by atoms with Crippen LogP contribution in [0.2, 0.25) is 0 Å². The molecular formula is C15H17N3O2. The normalized spacial score (nSPS) is 19.9. The lowest BCUT2D eigenvalue weighted by Crippen LogP contribution is -2.25. The predicted octanol–water partition coefficient (Wildman–Crippen LogP) is 2.46. The molecule has 1 aromatic heterocycles. The first-order valence-corrected chi connectivity index (χ1v) is 6.87. The Morgan fingerprint density at radius 1 is 1.30 bits per heavy atom. The molecule has 0 bridgehead atoms. The number of carbonyl (C=O) groups is 1. The fraction of sp³-hybridized carbons (Fsp3) is 0.400. The Morgan fingerprint density at radius 3 is 2.90 bits per heavy atom. The number of carbonyl (C=O) groups excluding carboxylic acids is 1. The van der Waals surface area contributed by atoms with E-state index in [9.17, 15) is 4.79 Å². The van der Waals surface area contributed by atoms with Crippen molar-refractivity contribution in [2.24, 2.45) is 0 Å². The van der Waals surface area contributed by atoms with Crippen LogP contribution in [0.4, 0.5) is 0 Å². The van der Waals surface area contributed by atoms with Gasteiger partial charge in [0.1, 0.15) is 0 Å². The van der Waals surface area contributed by atoms with Gasteiger partial charge < -0.3 is 9.42 Å². The van der Waals surface area contributed by atoms with Crippen LogP contribution in [-0.2, 0) is 4.79 Å². The highest BCUT2D eigenvalue weighted by molar-refractivity contribution is 5.77. The minimum Gasteiger partial charge on any atom is -0.346 e. The molecule has 0 saturated carbocycles. The van der Waals surface area contributed by atoms with E-state index in [-0.39, 0.29) is 11.8 Å². The van der Waals surface area contributed by atoms with Crippen molar-refractivity contribution < 1.29 is 9.32 Å². The van der Waals surface area contributed by atoms with Crippen LogP contribution >= 0.6 is 0 Å². The summed E-state index contributed by atoms with van der Waals surface area (Å²) in [5.41, 5.74) is 0.906. The van der Waals surface area contributed by atoms with Gasteiger partial charge in [0.25, 0.3) is 5.89 Å². The van der Waals surface area contributed by atoms with Gasteiger partial charge in [0, 0.05) is 31.5 Å². The van der Waals surface area contributed by atoms with Gasteiger partial charge in [0.05, 0.1) is 0 Å². The molecule has 1 aromatic carbocycles. The van der Waals surface area contributed by atoms with Gasteiger partial charge in [-0.3, -0.25) is 4.79 Å². The molecule has 0 N–H and O–H groups in total. The molecule has 1 unspecified atom stereocenters. The molecule has 5 nitrogen and oxygen atoms in total. The molecule has 0 radical (unpaired) electrons. The Bertz CT molecular complexity index is 594. The van der Waals surface area contributed by atoms with Gasteiger partial charge in [0.2, 0.25) is 5.91 Å². The van der Waals surface area contributed by atoms with Crippen LogP contribution in [0.15, 0.2) is 34.9 Å². The van der Waals surface area contributed by atoms with E-state index in [1.54, 1.807) is 4.90 Å².